The third-order valence-electron chi connectivity index (χ3n) is 3.55. The van der Waals surface area contributed by atoms with Gasteiger partial charge in [-0.05, 0) is 25.7 Å². The largest absolute Gasteiger partial charge is 0.409 e. The first-order valence-corrected chi connectivity index (χ1v) is 6.34. The second kappa shape index (κ2) is 5.83. The lowest BCUT2D eigenvalue weighted by Crippen LogP contribution is -2.37. The van der Waals surface area contributed by atoms with Crippen molar-refractivity contribution in [2.24, 2.45) is 16.8 Å². The van der Waals surface area contributed by atoms with E-state index in [2.05, 4.69) is 20.0 Å². The normalized spacial score (nSPS) is 19.5. The van der Waals surface area contributed by atoms with E-state index in [9.17, 15) is 5.11 Å². The molecule has 1 saturated heterocycles. The van der Waals surface area contributed by atoms with Gasteiger partial charge in [0.25, 0.3) is 0 Å². The van der Waals surface area contributed by atoms with E-state index in [0.717, 1.165) is 31.7 Å². The van der Waals surface area contributed by atoms with Crippen molar-refractivity contribution in [1.29, 1.82) is 0 Å². The number of nitrogens with zero attached hydrogens (tertiary/aromatic N) is 4. The molecule has 1 aromatic heterocycles. The number of aliphatic hydroxyl groups is 1. The van der Waals surface area contributed by atoms with Crippen LogP contribution in [-0.2, 0) is 0 Å². The molecular formula is C12H19N5O2. The maximum atomic E-state index is 9.56. The number of aliphatic hydroxyl groups excluding tert-OH is 1. The van der Waals surface area contributed by atoms with Crippen molar-refractivity contribution in [3.05, 3.63) is 18.1 Å². The Balaban J connectivity index is 2.00. The monoisotopic (exact) mass is 265 g/mol. The molecule has 0 aromatic carbocycles. The Morgan fingerprint density at radius 1 is 1.42 bits per heavy atom. The van der Waals surface area contributed by atoms with Gasteiger partial charge in [0.05, 0.1) is 18.5 Å². The lowest BCUT2D eigenvalue weighted by molar-refractivity contribution is 0.110. The molecule has 1 aliphatic heterocycles. The summed E-state index contributed by atoms with van der Waals surface area (Å²) in [6.45, 7) is 3.55. The van der Waals surface area contributed by atoms with Gasteiger partial charge in [0.1, 0.15) is 11.5 Å². The van der Waals surface area contributed by atoms with Gasteiger partial charge in [0.15, 0.2) is 5.84 Å². The third-order valence-corrected chi connectivity index (χ3v) is 3.55. The summed E-state index contributed by atoms with van der Waals surface area (Å²) < 4.78 is 0. The van der Waals surface area contributed by atoms with Crippen molar-refractivity contribution in [3.63, 3.8) is 0 Å². The quantitative estimate of drug-likeness (QED) is 0.311. The van der Waals surface area contributed by atoms with E-state index in [1.165, 1.54) is 6.20 Å². The maximum absolute atomic E-state index is 9.56. The molecule has 1 aliphatic rings. The van der Waals surface area contributed by atoms with Crippen LogP contribution in [0, 0.1) is 5.92 Å². The Morgan fingerprint density at radius 3 is 2.58 bits per heavy atom. The van der Waals surface area contributed by atoms with Crippen LogP contribution in [0.4, 0.5) is 5.82 Å². The molecule has 0 radical (unpaired) electrons. The lowest BCUT2D eigenvalue weighted by Gasteiger charge is -2.33. The predicted molar refractivity (Wildman–Crippen MR) is 71.2 cm³/mol. The number of amidine groups is 1. The molecule has 0 bridgehead atoms. The molecule has 1 fully saturated rings. The van der Waals surface area contributed by atoms with E-state index in [-0.39, 0.29) is 11.9 Å². The minimum absolute atomic E-state index is 0.0492. The van der Waals surface area contributed by atoms with Gasteiger partial charge in [-0.25, -0.2) is 9.97 Å². The van der Waals surface area contributed by atoms with Crippen molar-refractivity contribution in [2.75, 3.05) is 18.0 Å². The second-order valence-corrected chi connectivity index (χ2v) is 4.81. The molecule has 2 heterocycles. The molecule has 7 heteroatoms. The number of hydrogen-bond acceptors (Lipinski definition) is 6. The standard InChI is InChI=1S/C12H19N5O2/c1-8(18)9-2-4-17(5-3-9)11-7-14-10(6-15-11)12(13)16-19/h6-9,18-19H,2-5H2,1H3,(H2,13,16). The van der Waals surface area contributed by atoms with Crippen LogP contribution in [0.3, 0.4) is 0 Å². The highest BCUT2D eigenvalue weighted by atomic mass is 16.4. The van der Waals surface area contributed by atoms with E-state index in [4.69, 9.17) is 10.9 Å². The molecule has 0 saturated carbocycles. The van der Waals surface area contributed by atoms with Crippen LogP contribution < -0.4 is 10.6 Å². The topological polar surface area (TPSA) is 108 Å². The fourth-order valence-electron chi connectivity index (χ4n) is 2.28. The Labute approximate surface area is 111 Å². The van der Waals surface area contributed by atoms with Crippen molar-refractivity contribution >= 4 is 11.7 Å². The summed E-state index contributed by atoms with van der Waals surface area (Å²) >= 11 is 0. The highest BCUT2D eigenvalue weighted by Crippen LogP contribution is 2.23. The average Bonchev–Trinajstić information content (AvgIpc) is 2.46. The molecule has 0 aliphatic carbocycles. The Bertz CT molecular complexity index is 438. The summed E-state index contributed by atoms with van der Waals surface area (Å²) in [5.41, 5.74) is 5.78. The van der Waals surface area contributed by atoms with Gasteiger partial charge in [-0.15, -0.1) is 0 Å². The van der Waals surface area contributed by atoms with E-state index in [0.29, 0.717) is 11.6 Å². The van der Waals surface area contributed by atoms with Crippen LogP contribution >= 0.6 is 0 Å². The number of rotatable bonds is 3. The Hall–Kier alpha value is -1.89. The smallest absolute Gasteiger partial charge is 0.190 e. The highest BCUT2D eigenvalue weighted by molar-refractivity contribution is 5.94. The number of aromatic nitrogens is 2. The molecule has 2 rings (SSSR count). The minimum atomic E-state index is -0.254. The van der Waals surface area contributed by atoms with Crippen LogP contribution in [0.2, 0.25) is 0 Å². The number of hydrogen-bond donors (Lipinski definition) is 3. The van der Waals surface area contributed by atoms with Crippen molar-refractivity contribution < 1.29 is 10.3 Å². The molecule has 104 valence electrons. The van der Waals surface area contributed by atoms with Crippen LogP contribution in [0.15, 0.2) is 17.5 Å². The molecule has 4 N–H and O–H groups in total. The van der Waals surface area contributed by atoms with Gasteiger partial charge >= 0.3 is 0 Å². The summed E-state index contributed by atoms with van der Waals surface area (Å²) in [5, 5.41) is 21.0. The first kappa shape index (κ1) is 13.5. The summed E-state index contributed by atoms with van der Waals surface area (Å²) in [5.74, 6) is 1.09. The molecule has 1 atom stereocenters. The van der Waals surface area contributed by atoms with Crippen LogP contribution in [0.5, 0.6) is 0 Å². The van der Waals surface area contributed by atoms with Crippen LogP contribution in [0.1, 0.15) is 25.5 Å². The van der Waals surface area contributed by atoms with Crippen molar-refractivity contribution in [2.45, 2.75) is 25.9 Å². The lowest BCUT2D eigenvalue weighted by atomic mass is 9.92. The fraction of sp³-hybridized carbons (Fsp3) is 0.583. The molecule has 19 heavy (non-hydrogen) atoms. The third kappa shape index (κ3) is 3.11. The first-order chi connectivity index (χ1) is 9.11. The van der Waals surface area contributed by atoms with E-state index < -0.39 is 0 Å². The van der Waals surface area contributed by atoms with Crippen molar-refractivity contribution in [1.82, 2.24) is 9.97 Å². The minimum Gasteiger partial charge on any atom is -0.409 e. The summed E-state index contributed by atoms with van der Waals surface area (Å²) in [7, 11) is 0. The number of nitrogens with two attached hydrogens (primary N) is 1. The SMILES string of the molecule is CC(O)C1CCN(c2cnc(C(N)=NO)cn2)CC1. The summed E-state index contributed by atoms with van der Waals surface area (Å²) in [6.07, 6.45) is 4.75. The zero-order chi connectivity index (χ0) is 13.8. The van der Waals surface area contributed by atoms with Crippen molar-refractivity contribution in [3.8, 4) is 0 Å². The Morgan fingerprint density at radius 2 is 2.11 bits per heavy atom. The number of piperidine rings is 1. The zero-order valence-corrected chi connectivity index (χ0v) is 10.9. The maximum Gasteiger partial charge on any atom is 0.190 e. The highest BCUT2D eigenvalue weighted by Gasteiger charge is 2.23. The van der Waals surface area contributed by atoms with E-state index in [1.807, 2.05) is 6.92 Å². The molecular weight excluding hydrogens is 246 g/mol. The van der Waals surface area contributed by atoms with Crippen LogP contribution in [-0.4, -0.2) is 45.3 Å². The van der Waals surface area contributed by atoms with Crippen LogP contribution in [0.25, 0.3) is 0 Å². The zero-order valence-electron chi connectivity index (χ0n) is 10.9. The summed E-state index contributed by atoms with van der Waals surface area (Å²) in [4.78, 5) is 10.5. The van der Waals surface area contributed by atoms with E-state index in [1.54, 1.807) is 6.20 Å². The molecule has 1 unspecified atom stereocenters. The fourth-order valence-corrected chi connectivity index (χ4v) is 2.28. The predicted octanol–water partition coefficient (Wildman–Crippen LogP) is 0.168. The molecule has 0 amide bonds. The van der Waals surface area contributed by atoms with Gasteiger partial charge < -0.3 is 20.9 Å². The first-order valence-electron chi connectivity index (χ1n) is 6.34. The molecule has 0 spiro atoms. The van der Waals surface area contributed by atoms with Gasteiger partial charge in [-0.3, -0.25) is 0 Å². The summed E-state index contributed by atoms with van der Waals surface area (Å²) in [6, 6.07) is 0. The van der Waals surface area contributed by atoms with Gasteiger partial charge in [0.2, 0.25) is 0 Å². The number of anilines is 1. The van der Waals surface area contributed by atoms with Gasteiger partial charge in [-0.1, -0.05) is 5.16 Å². The molecule has 1 aromatic rings. The van der Waals surface area contributed by atoms with Gasteiger partial charge in [0, 0.05) is 13.1 Å². The second-order valence-electron chi connectivity index (χ2n) is 4.81. The average molecular weight is 265 g/mol. The number of oxime groups is 1. The molecule has 7 nitrogen and oxygen atoms in total. The Kier molecular flexibility index (Phi) is 4.16. The van der Waals surface area contributed by atoms with E-state index >= 15 is 0 Å². The van der Waals surface area contributed by atoms with Gasteiger partial charge in [-0.2, -0.15) is 0 Å².